The van der Waals surface area contributed by atoms with E-state index in [0.717, 1.165) is 16.0 Å². The van der Waals surface area contributed by atoms with Crippen LogP contribution in [-0.4, -0.2) is 14.7 Å². The van der Waals surface area contributed by atoms with Crippen LogP contribution >= 0.6 is 23.4 Å². The third-order valence-corrected chi connectivity index (χ3v) is 4.91. The lowest BCUT2D eigenvalue weighted by Crippen LogP contribution is -1.99. The van der Waals surface area contributed by atoms with Crippen molar-refractivity contribution < 1.29 is 8.42 Å². The van der Waals surface area contributed by atoms with Gasteiger partial charge < -0.3 is 5.73 Å². The maximum atomic E-state index is 11.4. The quantitative estimate of drug-likeness (QED) is 0.881. The number of nitrogens with two attached hydrogens (primary N) is 1. The molecule has 2 N–H and O–H groups in total. The Bertz CT molecular complexity index is 697. The smallest absolute Gasteiger partial charge is 0.175 e. The molecule has 0 bridgehead atoms. The average molecular weight is 314 g/mol. The van der Waals surface area contributed by atoms with Crippen molar-refractivity contribution in [1.82, 2.24) is 0 Å². The first-order valence-electron chi connectivity index (χ1n) is 5.39. The van der Waals surface area contributed by atoms with Gasteiger partial charge in [0.05, 0.1) is 4.90 Å². The maximum absolute atomic E-state index is 11.4. The van der Waals surface area contributed by atoms with Gasteiger partial charge in [-0.3, -0.25) is 0 Å². The lowest BCUT2D eigenvalue weighted by molar-refractivity contribution is 0.602. The summed E-state index contributed by atoms with van der Waals surface area (Å²) in [4.78, 5) is 2.03. The lowest BCUT2D eigenvalue weighted by atomic mass is 10.3. The zero-order valence-electron chi connectivity index (χ0n) is 10.1. The fourth-order valence-electron chi connectivity index (χ4n) is 1.48. The second-order valence-corrected chi connectivity index (χ2v) is 7.60. The molecule has 0 radical (unpaired) electrons. The van der Waals surface area contributed by atoms with Crippen LogP contribution in [0, 0.1) is 0 Å². The maximum Gasteiger partial charge on any atom is 0.175 e. The Morgan fingerprint density at radius 3 is 2.26 bits per heavy atom. The number of sulfone groups is 1. The van der Waals surface area contributed by atoms with Crippen LogP contribution in [-0.2, 0) is 9.84 Å². The molecular formula is C13H12ClNO2S2. The lowest BCUT2D eigenvalue weighted by Gasteiger charge is -2.07. The van der Waals surface area contributed by atoms with Crippen molar-refractivity contribution in [2.45, 2.75) is 14.7 Å². The minimum Gasteiger partial charge on any atom is -0.398 e. The van der Waals surface area contributed by atoms with Gasteiger partial charge >= 0.3 is 0 Å². The Hall–Kier alpha value is -1.17. The number of rotatable bonds is 3. The standard InChI is InChI=1S/C13H12ClNO2S2/c1-19(16,17)11-6-7-13(12(15)8-11)18-10-4-2-9(14)3-5-10/h2-8H,15H2,1H3. The van der Waals surface area contributed by atoms with Gasteiger partial charge in [-0.05, 0) is 42.5 Å². The molecule has 0 saturated carbocycles. The normalized spacial score (nSPS) is 11.5. The summed E-state index contributed by atoms with van der Waals surface area (Å²) >= 11 is 7.28. The number of hydrogen-bond acceptors (Lipinski definition) is 4. The van der Waals surface area contributed by atoms with E-state index in [1.807, 2.05) is 12.1 Å². The first-order valence-corrected chi connectivity index (χ1v) is 8.48. The van der Waals surface area contributed by atoms with E-state index in [-0.39, 0.29) is 4.90 Å². The van der Waals surface area contributed by atoms with Crippen LogP contribution in [0.4, 0.5) is 5.69 Å². The topological polar surface area (TPSA) is 60.2 Å². The Kier molecular flexibility index (Phi) is 4.08. The summed E-state index contributed by atoms with van der Waals surface area (Å²) in [6.45, 7) is 0. The van der Waals surface area contributed by atoms with Gasteiger partial charge in [0.25, 0.3) is 0 Å². The monoisotopic (exact) mass is 313 g/mol. The zero-order valence-corrected chi connectivity index (χ0v) is 12.5. The summed E-state index contributed by atoms with van der Waals surface area (Å²) in [6.07, 6.45) is 1.16. The van der Waals surface area contributed by atoms with E-state index >= 15 is 0 Å². The fourth-order valence-corrected chi connectivity index (χ4v) is 3.10. The highest BCUT2D eigenvalue weighted by Gasteiger charge is 2.10. The van der Waals surface area contributed by atoms with Crippen LogP contribution in [0.1, 0.15) is 0 Å². The molecule has 0 aliphatic rings. The average Bonchev–Trinajstić information content (AvgIpc) is 2.33. The summed E-state index contributed by atoms with van der Waals surface area (Å²) < 4.78 is 22.8. The molecule has 0 spiro atoms. The molecular weight excluding hydrogens is 302 g/mol. The van der Waals surface area contributed by atoms with Crippen LogP contribution in [0.3, 0.4) is 0 Å². The van der Waals surface area contributed by atoms with Crippen LogP contribution in [0.15, 0.2) is 57.2 Å². The minimum atomic E-state index is -3.23. The largest absolute Gasteiger partial charge is 0.398 e. The Morgan fingerprint density at radius 2 is 1.74 bits per heavy atom. The third kappa shape index (κ3) is 3.65. The molecule has 0 unspecified atom stereocenters. The molecule has 2 rings (SSSR count). The van der Waals surface area contributed by atoms with E-state index in [1.54, 1.807) is 24.3 Å². The van der Waals surface area contributed by atoms with E-state index in [1.165, 1.54) is 17.8 Å². The molecule has 2 aromatic carbocycles. The Balaban J connectivity index is 2.29. The molecule has 0 heterocycles. The number of anilines is 1. The molecule has 0 amide bonds. The summed E-state index contributed by atoms with van der Waals surface area (Å²) in [6, 6.07) is 12.1. The fraction of sp³-hybridized carbons (Fsp3) is 0.0769. The van der Waals surface area contributed by atoms with Crippen molar-refractivity contribution in [3.8, 4) is 0 Å². The van der Waals surface area contributed by atoms with Crippen molar-refractivity contribution in [3.63, 3.8) is 0 Å². The molecule has 6 heteroatoms. The van der Waals surface area contributed by atoms with Gasteiger partial charge in [0.2, 0.25) is 0 Å². The van der Waals surface area contributed by atoms with Crippen LogP contribution < -0.4 is 5.73 Å². The molecule has 100 valence electrons. The van der Waals surface area contributed by atoms with Crippen molar-refractivity contribution in [2.24, 2.45) is 0 Å². The molecule has 0 atom stereocenters. The predicted molar refractivity (Wildman–Crippen MR) is 79.5 cm³/mol. The molecule has 0 aliphatic carbocycles. The van der Waals surface area contributed by atoms with Crippen molar-refractivity contribution in [2.75, 3.05) is 12.0 Å². The van der Waals surface area contributed by atoms with Gasteiger partial charge in [-0.25, -0.2) is 8.42 Å². The van der Waals surface area contributed by atoms with Gasteiger partial charge in [-0.15, -0.1) is 0 Å². The highest BCUT2D eigenvalue weighted by Crippen LogP contribution is 2.33. The first-order chi connectivity index (χ1) is 8.86. The van der Waals surface area contributed by atoms with Gasteiger partial charge in [-0.1, -0.05) is 23.4 Å². The zero-order chi connectivity index (χ0) is 14.0. The highest BCUT2D eigenvalue weighted by atomic mass is 35.5. The van der Waals surface area contributed by atoms with Crippen LogP contribution in [0.25, 0.3) is 0 Å². The minimum absolute atomic E-state index is 0.227. The van der Waals surface area contributed by atoms with E-state index in [9.17, 15) is 8.42 Å². The third-order valence-electron chi connectivity index (χ3n) is 2.45. The van der Waals surface area contributed by atoms with Crippen LogP contribution in [0.5, 0.6) is 0 Å². The second kappa shape index (κ2) is 5.45. The van der Waals surface area contributed by atoms with E-state index in [2.05, 4.69) is 0 Å². The summed E-state index contributed by atoms with van der Waals surface area (Å²) in [5, 5.41) is 0.671. The Labute approximate surface area is 121 Å². The van der Waals surface area contributed by atoms with E-state index < -0.39 is 9.84 Å². The summed E-state index contributed by atoms with van der Waals surface area (Å²) in [5.74, 6) is 0. The molecule has 0 aromatic heterocycles. The number of hydrogen-bond donors (Lipinski definition) is 1. The molecule has 2 aromatic rings. The van der Waals surface area contributed by atoms with Gasteiger partial charge in [-0.2, -0.15) is 0 Å². The number of benzene rings is 2. The van der Waals surface area contributed by atoms with Gasteiger partial charge in [0, 0.05) is 26.8 Å². The van der Waals surface area contributed by atoms with Crippen molar-refractivity contribution in [3.05, 3.63) is 47.5 Å². The molecule has 0 aliphatic heterocycles. The molecule has 0 saturated heterocycles. The summed E-state index contributed by atoms with van der Waals surface area (Å²) in [7, 11) is -3.23. The molecule has 0 fully saturated rings. The SMILES string of the molecule is CS(=O)(=O)c1ccc(Sc2ccc(Cl)cc2)c(N)c1. The second-order valence-electron chi connectivity index (χ2n) is 4.03. The number of halogens is 1. The number of nitrogen functional groups attached to an aromatic ring is 1. The molecule has 3 nitrogen and oxygen atoms in total. The van der Waals surface area contributed by atoms with E-state index in [0.29, 0.717) is 10.7 Å². The predicted octanol–water partition coefficient (Wildman–Crippen LogP) is 3.48. The van der Waals surface area contributed by atoms with Crippen molar-refractivity contribution in [1.29, 1.82) is 0 Å². The first kappa shape index (κ1) is 14.2. The van der Waals surface area contributed by atoms with Crippen molar-refractivity contribution >= 4 is 38.9 Å². The van der Waals surface area contributed by atoms with Crippen LogP contribution in [0.2, 0.25) is 5.02 Å². The van der Waals surface area contributed by atoms with Gasteiger partial charge in [0.1, 0.15) is 0 Å². The van der Waals surface area contributed by atoms with Gasteiger partial charge in [0.15, 0.2) is 9.84 Å². The summed E-state index contributed by atoms with van der Waals surface area (Å²) in [5.41, 5.74) is 6.33. The molecule has 19 heavy (non-hydrogen) atoms. The Morgan fingerprint density at radius 1 is 1.11 bits per heavy atom. The highest BCUT2D eigenvalue weighted by molar-refractivity contribution is 7.99. The van der Waals surface area contributed by atoms with E-state index in [4.69, 9.17) is 17.3 Å².